The molecule has 1 saturated carbocycles. The van der Waals surface area contributed by atoms with Crippen molar-refractivity contribution in [3.63, 3.8) is 0 Å². The lowest BCUT2D eigenvalue weighted by atomic mass is 9.89. The van der Waals surface area contributed by atoms with Crippen LogP contribution in [0.5, 0.6) is 0 Å². The van der Waals surface area contributed by atoms with E-state index in [-0.39, 0.29) is 44.2 Å². The van der Waals surface area contributed by atoms with Crippen LogP contribution in [0.3, 0.4) is 0 Å². The third kappa shape index (κ3) is 12.3. The van der Waals surface area contributed by atoms with E-state index in [9.17, 15) is 34.5 Å². The first-order valence-corrected chi connectivity index (χ1v) is 19.2. The third-order valence-electron chi connectivity index (χ3n) is 11.0. The number of likely N-dealkylation sites (tertiary alicyclic amines) is 1. The molecule has 1 unspecified atom stereocenters. The number of amides is 2. The number of hydrogen-bond acceptors (Lipinski definition) is 10. The number of aliphatic hydroxyl groups is 2. The van der Waals surface area contributed by atoms with Crippen LogP contribution in [-0.2, 0) is 23.8 Å². The van der Waals surface area contributed by atoms with Crippen molar-refractivity contribution in [1.82, 2.24) is 14.7 Å². The highest BCUT2D eigenvalue weighted by Gasteiger charge is 2.37. The Labute approximate surface area is 308 Å². The summed E-state index contributed by atoms with van der Waals surface area (Å²) in [5.74, 6) is -2.57. The average Bonchev–Trinajstić information content (AvgIpc) is 3.46. The first-order chi connectivity index (χ1) is 24.7. The van der Waals surface area contributed by atoms with Crippen molar-refractivity contribution in [2.45, 2.75) is 122 Å². The van der Waals surface area contributed by atoms with E-state index in [1.807, 2.05) is 32.9 Å². The number of piperazine rings is 1. The number of rotatable bonds is 8. The fraction of sp³-hybridized carbons (Fsp3) is 0.744. The molecule has 0 aromatic carbocycles. The zero-order chi connectivity index (χ0) is 37.8. The Bertz CT molecular complexity index is 1300. The van der Waals surface area contributed by atoms with Crippen molar-refractivity contribution in [3.8, 4) is 0 Å². The Morgan fingerprint density at radius 1 is 1.00 bits per heavy atom. The summed E-state index contributed by atoms with van der Waals surface area (Å²) in [6.45, 7) is 10.5. The smallest absolute Gasteiger partial charge is 0.410 e. The van der Waals surface area contributed by atoms with Gasteiger partial charge in [-0.05, 0) is 57.6 Å². The van der Waals surface area contributed by atoms with Crippen LogP contribution in [-0.4, -0.2) is 130 Å². The van der Waals surface area contributed by atoms with Crippen molar-refractivity contribution in [2.75, 3.05) is 45.9 Å². The minimum absolute atomic E-state index is 0.106. The van der Waals surface area contributed by atoms with Crippen molar-refractivity contribution >= 4 is 24.1 Å². The van der Waals surface area contributed by atoms with Crippen LogP contribution in [0.4, 0.5) is 9.59 Å². The molecule has 2 amide bonds. The highest BCUT2D eigenvalue weighted by atomic mass is 16.6. The van der Waals surface area contributed by atoms with Crippen LogP contribution in [0, 0.1) is 17.8 Å². The summed E-state index contributed by atoms with van der Waals surface area (Å²) in [6, 6.07) is 0.572. The molecule has 13 heteroatoms. The standard InChI is InChI=1S/C39H61N3O10/c1-27(26-50-37(47)42-19-17-30(25-42)36(45)46)10-9-11-28(2)35-29(3)14-15-33(39(4,49)18-16-32(43)24-34(44)52-35)51-38(48)41-22-20-40(21-23-41)31-12-7-5-6-8-13-31/h9-11,14-15,27,29-33,35,43,49H,5-8,12-13,16-26H2,1-4H3,(H,45,46)/b10-9+,15-14+,28-11+/t27?,29-,30-,32-,33-,35+,39-/m0/s1. The molecule has 3 fully saturated rings. The van der Waals surface area contributed by atoms with Crippen LogP contribution >= 0.6 is 0 Å². The van der Waals surface area contributed by atoms with Gasteiger partial charge in [-0.1, -0.05) is 63.8 Å². The van der Waals surface area contributed by atoms with Crippen LogP contribution in [0.1, 0.15) is 91.9 Å². The molecule has 0 spiro atoms. The Morgan fingerprint density at radius 3 is 2.35 bits per heavy atom. The van der Waals surface area contributed by atoms with Crippen LogP contribution < -0.4 is 0 Å². The number of allylic oxidation sites excluding steroid dienone is 2. The number of ether oxygens (including phenoxy) is 3. The minimum atomic E-state index is -1.49. The molecule has 1 aliphatic carbocycles. The first kappa shape index (κ1) is 41.3. The summed E-state index contributed by atoms with van der Waals surface area (Å²) in [6.07, 6.45) is 13.1. The zero-order valence-corrected chi connectivity index (χ0v) is 31.5. The topological polar surface area (TPSA) is 166 Å². The van der Waals surface area contributed by atoms with Gasteiger partial charge < -0.3 is 39.3 Å². The normalized spacial score (nSPS) is 31.9. The van der Waals surface area contributed by atoms with Crippen LogP contribution in [0.2, 0.25) is 0 Å². The van der Waals surface area contributed by atoms with Gasteiger partial charge in [-0.2, -0.15) is 0 Å². The molecule has 2 saturated heterocycles. The zero-order valence-electron chi connectivity index (χ0n) is 31.5. The van der Waals surface area contributed by atoms with Gasteiger partial charge in [0.2, 0.25) is 0 Å². The van der Waals surface area contributed by atoms with E-state index in [1.165, 1.54) is 43.4 Å². The van der Waals surface area contributed by atoms with Crippen molar-refractivity contribution in [2.24, 2.45) is 17.8 Å². The molecular formula is C39H61N3O10. The van der Waals surface area contributed by atoms with E-state index in [2.05, 4.69) is 4.90 Å². The monoisotopic (exact) mass is 731 g/mol. The minimum Gasteiger partial charge on any atom is -0.481 e. The van der Waals surface area contributed by atoms with Gasteiger partial charge in [0, 0.05) is 57.1 Å². The van der Waals surface area contributed by atoms with Gasteiger partial charge >= 0.3 is 24.1 Å². The summed E-state index contributed by atoms with van der Waals surface area (Å²) >= 11 is 0. The molecule has 0 radical (unpaired) electrons. The van der Waals surface area contributed by atoms with Crippen LogP contribution in [0.25, 0.3) is 0 Å². The number of cyclic esters (lactones) is 1. The number of esters is 1. The van der Waals surface area contributed by atoms with E-state index < -0.39 is 54.0 Å². The first-order valence-electron chi connectivity index (χ1n) is 19.2. The third-order valence-corrected chi connectivity index (χ3v) is 11.0. The summed E-state index contributed by atoms with van der Waals surface area (Å²) in [4.78, 5) is 55.5. The van der Waals surface area contributed by atoms with Gasteiger partial charge in [0.25, 0.3) is 0 Å². The van der Waals surface area contributed by atoms with E-state index >= 15 is 0 Å². The maximum atomic E-state index is 13.4. The number of aliphatic carboxylic acids is 1. The number of hydrogen-bond donors (Lipinski definition) is 3. The van der Waals surface area contributed by atoms with Crippen molar-refractivity contribution in [1.29, 1.82) is 0 Å². The Hall–Kier alpha value is -3.42. The molecule has 7 atom stereocenters. The second kappa shape index (κ2) is 19.6. The van der Waals surface area contributed by atoms with Crippen molar-refractivity contribution < 1.29 is 48.7 Å². The van der Waals surface area contributed by atoms with Gasteiger partial charge in [0.05, 0.1) is 25.0 Å². The Balaban J connectivity index is 1.38. The van der Waals surface area contributed by atoms with E-state index in [0.29, 0.717) is 32.1 Å². The number of nitrogens with zero attached hydrogens (tertiary/aromatic N) is 3. The molecule has 52 heavy (non-hydrogen) atoms. The molecule has 13 nitrogen and oxygen atoms in total. The van der Waals surface area contributed by atoms with Gasteiger partial charge in [-0.15, -0.1) is 0 Å². The van der Waals surface area contributed by atoms with E-state index in [1.54, 1.807) is 30.1 Å². The molecule has 0 bridgehead atoms. The number of carbonyl (C=O) groups excluding carboxylic acids is 3. The number of carbonyl (C=O) groups is 4. The number of aliphatic hydroxyl groups excluding tert-OH is 1. The Morgan fingerprint density at radius 2 is 1.69 bits per heavy atom. The van der Waals surface area contributed by atoms with Crippen molar-refractivity contribution in [3.05, 3.63) is 36.0 Å². The second-order valence-electron chi connectivity index (χ2n) is 15.5. The van der Waals surface area contributed by atoms with Gasteiger partial charge in [-0.3, -0.25) is 14.5 Å². The largest absolute Gasteiger partial charge is 0.481 e. The quantitative estimate of drug-likeness (QED) is 0.102. The fourth-order valence-corrected chi connectivity index (χ4v) is 7.50. The summed E-state index contributed by atoms with van der Waals surface area (Å²) in [5, 5.41) is 31.4. The van der Waals surface area contributed by atoms with Crippen LogP contribution in [0.15, 0.2) is 36.0 Å². The summed E-state index contributed by atoms with van der Waals surface area (Å²) < 4.78 is 17.2. The lowest BCUT2D eigenvalue weighted by Gasteiger charge is -2.40. The molecule has 0 aromatic heterocycles. The summed E-state index contributed by atoms with van der Waals surface area (Å²) in [5.41, 5.74) is -0.769. The Kier molecular flexibility index (Phi) is 15.6. The SMILES string of the molecule is C/C(=C\C=C\C(C)COC(=O)N1CC[C@H](C(=O)O)C1)[C@H]1OC(=O)C[C@@H](O)CC[C@](C)(O)[C@@H](OC(=O)N2CCN(C3CCCCCC3)CC2)/C=C/[C@@H]1C. The van der Waals surface area contributed by atoms with Gasteiger partial charge in [0.15, 0.2) is 6.10 Å². The predicted molar refractivity (Wildman–Crippen MR) is 194 cm³/mol. The lowest BCUT2D eigenvalue weighted by molar-refractivity contribution is -0.151. The number of carboxylic acid groups (broad SMARTS) is 1. The van der Waals surface area contributed by atoms with E-state index in [4.69, 9.17) is 14.2 Å². The molecular weight excluding hydrogens is 670 g/mol. The molecule has 292 valence electrons. The molecule has 0 aromatic rings. The second-order valence-corrected chi connectivity index (χ2v) is 15.5. The van der Waals surface area contributed by atoms with Gasteiger partial charge in [-0.25, -0.2) is 9.59 Å². The molecule has 3 N–H and O–H groups in total. The predicted octanol–water partition coefficient (Wildman–Crippen LogP) is 4.91. The number of carboxylic acids is 1. The molecule has 4 aliphatic rings. The highest BCUT2D eigenvalue weighted by molar-refractivity contribution is 5.74. The molecule has 3 heterocycles. The van der Waals surface area contributed by atoms with E-state index in [0.717, 1.165) is 18.7 Å². The maximum absolute atomic E-state index is 13.4. The fourth-order valence-electron chi connectivity index (χ4n) is 7.50. The summed E-state index contributed by atoms with van der Waals surface area (Å²) in [7, 11) is 0. The average molecular weight is 732 g/mol. The van der Waals surface area contributed by atoms with Gasteiger partial charge in [0.1, 0.15) is 11.7 Å². The molecule has 4 rings (SSSR count). The maximum Gasteiger partial charge on any atom is 0.410 e. The lowest BCUT2D eigenvalue weighted by Crippen LogP contribution is -2.53. The highest BCUT2D eigenvalue weighted by Crippen LogP contribution is 2.28. The molecule has 3 aliphatic heterocycles.